The first-order chi connectivity index (χ1) is 12.3. The van der Waals surface area contributed by atoms with Crippen LogP contribution < -0.4 is 20.1 Å². The van der Waals surface area contributed by atoms with Crippen LogP contribution >= 0.6 is 0 Å². The van der Waals surface area contributed by atoms with Crippen LogP contribution in [0.25, 0.3) is 0 Å². The van der Waals surface area contributed by atoms with Crippen molar-refractivity contribution in [3.8, 4) is 0 Å². The van der Waals surface area contributed by atoms with Crippen LogP contribution in [0.5, 0.6) is 0 Å². The van der Waals surface area contributed by atoms with E-state index in [0.717, 1.165) is 11.1 Å². The molecule has 0 bridgehead atoms. The van der Waals surface area contributed by atoms with E-state index in [-0.39, 0.29) is 0 Å². The Labute approximate surface area is 159 Å². The molecule has 6 heteroatoms. The lowest BCUT2D eigenvalue weighted by atomic mass is 9.90. The Morgan fingerprint density at radius 1 is 0.630 bits per heavy atom. The number of fused-ring (bicyclic) bond motifs is 1. The van der Waals surface area contributed by atoms with Crippen LogP contribution in [0.1, 0.15) is 79.1 Å². The average molecular weight is 372 g/mol. The van der Waals surface area contributed by atoms with Crippen molar-refractivity contribution in [2.45, 2.75) is 90.4 Å². The summed E-state index contributed by atoms with van der Waals surface area (Å²) in [5.74, 6) is 0. The molecule has 0 saturated carbocycles. The molecule has 0 spiro atoms. The summed E-state index contributed by atoms with van der Waals surface area (Å²) in [6.45, 7) is 16.3. The van der Waals surface area contributed by atoms with E-state index < -0.39 is 35.0 Å². The van der Waals surface area contributed by atoms with Gasteiger partial charge in [-0.3, -0.25) is 0 Å². The average Bonchev–Trinajstić information content (AvgIpc) is 3.13. The van der Waals surface area contributed by atoms with Gasteiger partial charge in [-0.05, 0) is 67.5 Å². The Morgan fingerprint density at radius 2 is 0.926 bits per heavy atom. The Balaban J connectivity index is 1.75. The topological polar surface area (TPSA) is 65.1 Å². The third-order valence-electron chi connectivity index (χ3n) is 6.55. The van der Waals surface area contributed by atoms with Crippen LogP contribution in [-0.4, -0.2) is 28.4 Å². The molecule has 2 saturated heterocycles. The predicted molar refractivity (Wildman–Crippen MR) is 99.3 cm³/mol. The quantitative estimate of drug-likeness (QED) is 0.749. The van der Waals surface area contributed by atoms with E-state index in [9.17, 15) is 0 Å². The number of hydrogen-bond donors (Lipinski definition) is 0. The Morgan fingerprint density at radius 3 is 1.22 bits per heavy atom. The maximum Gasteiger partial charge on any atom is 0.759 e. The zero-order valence-corrected chi connectivity index (χ0v) is 17.3. The van der Waals surface area contributed by atoms with Gasteiger partial charge in [-0.1, -0.05) is 0 Å². The molecule has 144 valence electrons. The molecule has 4 rings (SSSR count). The van der Waals surface area contributed by atoms with Crippen molar-refractivity contribution in [1.29, 1.82) is 0 Å². The van der Waals surface area contributed by atoms with Crippen molar-refractivity contribution in [3.05, 3.63) is 34.0 Å². The molecule has 3 aliphatic heterocycles. The second-order valence-corrected chi connectivity index (χ2v) is 9.44. The zero-order valence-electron chi connectivity index (χ0n) is 17.3. The third kappa shape index (κ3) is 2.66. The van der Waals surface area contributed by atoms with Crippen LogP contribution in [0.3, 0.4) is 0 Å². The van der Waals surface area contributed by atoms with Crippen LogP contribution in [-0.2, 0) is 18.9 Å². The highest BCUT2D eigenvalue weighted by Gasteiger charge is 2.53. The van der Waals surface area contributed by atoms with Gasteiger partial charge in [0.1, 0.15) is 11.1 Å². The number of rotatable bonds is 2. The summed E-state index contributed by atoms with van der Waals surface area (Å²) < 4.78 is 33.5. The molecule has 0 unspecified atom stereocenters. The minimum Gasteiger partial charge on any atom is -0.339 e. The van der Waals surface area contributed by atoms with Gasteiger partial charge in [-0.25, -0.2) is 0 Å². The molecule has 0 N–H and O–H groups in total. The number of nitrogens with zero attached hydrogens (tertiary/aromatic N) is 2. The highest BCUT2D eigenvalue weighted by Crippen LogP contribution is 2.45. The molecule has 1 aromatic rings. The molecule has 3 aliphatic rings. The van der Waals surface area contributed by atoms with Gasteiger partial charge in [0.15, 0.2) is 12.6 Å². The van der Waals surface area contributed by atoms with Crippen molar-refractivity contribution in [3.63, 3.8) is 0 Å². The third-order valence-corrected chi connectivity index (χ3v) is 6.55. The van der Waals surface area contributed by atoms with E-state index in [4.69, 9.17) is 18.9 Å². The van der Waals surface area contributed by atoms with Gasteiger partial charge in [0.05, 0.1) is 31.7 Å². The van der Waals surface area contributed by atoms with Gasteiger partial charge in [0.2, 0.25) is 0 Å². The molecule has 0 aromatic heterocycles. The standard InChI is InChI=1S/C21H28N2O4/c1-18(2)19(3,4)25-16(24-18)12-9-10-13(15-14(12)22-11-23-15)17-26-20(5,6)21(7,8)27-17/h9-10,16-17H,1-8H3/q+2. The minimum atomic E-state index is -0.505. The summed E-state index contributed by atoms with van der Waals surface area (Å²) in [6.07, 6.45) is -1.01. The molecule has 1 aromatic carbocycles. The van der Waals surface area contributed by atoms with Crippen LogP contribution in [0.2, 0.25) is 0 Å². The predicted octanol–water partition coefficient (Wildman–Crippen LogP) is 1.45. The summed E-state index contributed by atoms with van der Waals surface area (Å²) in [5.41, 5.74) is 0.0160. The summed E-state index contributed by atoms with van der Waals surface area (Å²) >= 11 is 0. The highest BCUT2D eigenvalue weighted by atomic mass is 16.8. The number of ether oxygens (including phenoxy) is 4. The minimum absolute atomic E-state index is 0.419. The van der Waals surface area contributed by atoms with Crippen LogP contribution in [0.15, 0.2) is 12.1 Å². The van der Waals surface area contributed by atoms with E-state index in [1.165, 1.54) is 0 Å². The van der Waals surface area contributed by atoms with Gasteiger partial charge in [0.25, 0.3) is 0 Å². The van der Waals surface area contributed by atoms with E-state index >= 15 is 0 Å². The second kappa shape index (κ2) is 5.41. The summed E-state index contributed by atoms with van der Waals surface area (Å²) in [7, 11) is 0. The smallest absolute Gasteiger partial charge is 0.339 e. The zero-order chi connectivity index (χ0) is 19.8. The number of benzene rings is 1. The fourth-order valence-corrected chi connectivity index (χ4v) is 3.29. The lowest BCUT2D eigenvalue weighted by Gasteiger charge is -2.30. The van der Waals surface area contributed by atoms with Crippen molar-refractivity contribution in [2.75, 3.05) is 0 Å². The monoisotopic (exact) mass is 372 g/mol. The number of hydrogen-bond acceptors (Lipinski definition) is 4. The first kappa shape index (κ1) is 18.6. The Kier molecular flexibility index (Phi) is 3.73. The summed E-state index contributed by atoms with van der Waals surface area (Å²) in [6, 6.07) is 6.66. The Hall–Kier alpha value is -1.74. The summed E-state index contributed by atoms with van der Waals surface area (Å²) in [4.78, 5) is 0. The van der Waals surface area contributed by atoms with Crippen LogP contribution in [0.4, 0.5) is 0 Å². The van der Waals surface area contributed by atoms with Crippen molar-refractivity contribution < 1.29 is 18.9 Å². The fraction of sp³-hybridized carbons (Fsp3) is 0.667. The maximum absolute atomic E-state index is 6.19. The van der Waals surface area contributed by atoms with Gasteiger partial charge >= 0.3 is 16.7 Å². The molecule has 0 amide bonds. The van der Waals surface area contributed by atoms with Gasteiger partial charge in [-0.2, -0.15) is 0 Å². The second-order valence-electron chi connectivity index (χ2n) is 9.44. The normalized spacial score (nSPS) is 26.8. The van der Waals surface area contributed by atoms with Gasteiger partial charge in [-0.15, -0.1) is 0 Å². The van der Waals surface area contributed by atoms with Crippen molar-refractivity contribution in [1.82, 2.24) is 9.34 Å². The van der Waals surface area contributed by atoms with Crippen molar-refractivity contribution in [2.24, 2.45) is 0 Å². The summed E-state index contributed by atoms with van der Waals surface area (Å²) in [5, 5.41) is 1.42. The van der Waals surface area contributed by atoms with E-state index in [1.807, 2.05) is 67.5 Å². The van der Waals surface area contributed by atoms with Gasteiger partial charge < -0.3 is 18.9 Å². The fourth-order valence-electron chi connectivity index (χ4n) is 3.29. The largest absolute Gasteiger partial charge is 0.759 e. The van der Waals surface area contributed by atoms with Crippen LogP contribution in [0, 0.1) is 0 Å². The molecule has 2 fully saturated rings. The first-order valence-corrected chi connectivity index (χ1v) is 9.39. The molecular weight excluding hydrogens is 344 g/mol. The molecule has 0 aliphatic carbocycles. The van der Waals surface area contributed by atoms with E-state index in [0.29, 0.717) is 10.7 Å². The lowest BCUT2D eigenvalue weighted by Crippen LogP contribution is -2.41. The first-order valence-electron chi connectivity index (χ1n) is 9.39. The Bertz CT molecular complexity index is 910. The molecule has 0 atom stereocenters. The van der Waals surface area contributed by atoms with E-state index in [1.54, 1.807) is 0 Å². The maximum atomic E-state index is 6.19. The SMILES string of the molecule is CC1(C)OC(c2ccc(C3OC(C)(C)C(C)(C)O3)c3c2=[N+]=C=[N+]=3)OC1(C)C. The van der Waals surface area contributed by atoms with Gasteiger partial charge in [0, 0.05) is 0 Å². The molecule has 27 heavy (non-hydrogen) atoms. The highest BCUT2D eigenvalue weighted by molar-refractivity contribution is 5.40. The lowest BCUT2D eigenvalue weighted by molar-refractivity contribution is -0.0934. The molecule has 3 heterocycles. The molecule has 6 nitrogen and oxygen atoms in total. The van der Waals surface area contributed by atoms with E-state index in [2.05, 4.69) is 15.3 Å². The molecular formula is C21H28N2O4+2. The molecule has 0 radical (unpaired) electrons. The van der Waals surface area contributed by atoms with Crippen molar-refractivity contribution >= 4 is 6.01 Å².